The molecule has 0 fully saturated rings. The number of esters is 1. The van der Waals surface area contributed by atoms with Crippen LogP contribution in [0.2, 0.25) is 0 Å². The van der Waals surface area contributed by atoms with Gasteiger partial charge >= 0.3 is 5.97 Å². The summed E-state index contributed by atoms with van der Waals surface area (Å²) in [5, 5.41) is 4.96. The highest BCUT2D eigenvalue weighted by Crippen LogP contribution is 2.17. The van der Waals surface area contributed by atoms with Gasteiger partial charge in [-0.1, -0.05) is 0 Å². The molecule has 0 aliphatic rings. The lowest BCUT2D eigenvalue weighted by Crippen LogP contribution is -2.12. The topological polar surface area (TPSA) is 38.3 Å². The van der Waals surface area contributed by atoms with E-state index in [4.69, 9.17) is 0 Å². The summed E-state index contributed by atoms with van der Waals surface area (Å²) in [5.74, 6) is -0.235. The maximum absolute atomic E-state index is 11.2. The molecule has 1 aromatic rings. The fraction of sp³-hybridized carbons (Fsp3) is 0.444. The molecule has 0 unspecified atom stereocenters. The highest BCUT2D eigenvalue weighted by molar-refractivity contribution is 7.12. The van der Waals surface area contributed by atoms with Crippen molar-refractivity contribution in [3.63, 3.8) is 0 Å². The van der Waals surface area contributed by atoms with Gasteiger partial charge in [0.2, 0.25) is 0 Å². The van der Waals surface area contributed by atoms with Gasteiger partial charge in [-0.15, -0.1) is 11.3 Å². The third-order valence-electron chi connectivity index (χ3n) is 1.76. The first-order valence-electron chi connectivity index (χ1n) is 4.09. The molecule has 0 aromatic carbocycles. The van der Waals surface area contributed by atoms with E-state index in [0.29, 0.717) is 0 Å². The first kappa shape index (κ1) is 10.2. The van der Waals surface area contributed by atoms with Gasteiger partial charge in [0.1, 0.15) is 4.88 Å². The average Bonchev–Trinajstić information content (AvgIpc) is 2.61. The van der Waals surface area contributed by atoms with E-state index < -0.39 is 0 Å². The standard InChI is InChI=1S/C9H13NO2S/c1-10-5-3-7-4-6-13-8(7)9(11)12-2/h4,6,10H,3,5H2,1-2H3. The molecule has 4 heteroatoms. The monoisotopic (exact) mass is 199 g/mol. The van der Waals surface area contributed by atoms with Crippen LogP contribution in [0, 0.1) is 0 Å². The normalized spacial score (nSPS) is 10.0. The number of carbonyl (C=O) groups is 1. The fourth-order valence-electron chi connectivity index (χ4n) is 1.06. The van der Waals surface area contributed by atoms with Crippen molar-refractivity contribution < 1.29 is 9.53 Å². The maximum atomic E-state index is 11.2. The van der Waals surface area contributed by atoms with E-state index in [2.05, 4.69) is 10.1 Å². The molecule has 13 heavy (non-hydrogen) atoms. The minimum atomic E-state index is -0.235. The summed E-state index contributed by atoms with van der Waals surface area (Å²) in [7, 11) is 3.30. The molecule has 3 nitrogen and oxygen atoms in total. The predicted molar refractivity (Wildman–Crippen MR) is 53.3 cm³/mol. The van der Waals surface area contributed by atoms with Crippen LogP contribution in [0.25, 0.3) is 0 Å². The SMILES string of the molecule is CNCCc1ccsc1C(=O)OC. The number of methoxy groups -OCH3 is 1. The van der Waals surface area contributed by atoms with Crippen LogP contribution in [0.15, 0.2) is 11.4 Å². The number of hydrogen-bond donors (Lipinski definition) is 1. The Labute approximate surface area is 81.7 Å². The molecule has 0 atom stereocenters. The predicted octanol–water partition coefficient (Wildman–Crippen LogP) is 1.30. The summed E-state index contributed by atoms with van der Waals surface area (Å²) < 4.78 is 4.67. The lowest BCUT2D eigenvalue weighted by Gasteiger charge is -2.00. The number of hydrogen-bond acceptors (Lipinski definition) is 4. The Balaban J connectivity index is 2.71. The summed E-state index contributed by atoms with van der Waals surface area (Å²) in [4.78, 5) is 11.9. The molecular formula is C9H13NO2S. The van der Waals surface area contributed by atoms with Crippen LogP contribution in [0.5, 0.6) is 0 Å². The molecule has 1 N–H and O–H groups in total. The maximum Gasteiger partial charge on any atom is 0.348 e. The summed E-state index contributed by atoms with van der Waals surface area (Å²) in [6.45, 7) is 0.876. The molecule has 0 spiro atoms. The Morgan fingerprint density at radius 2 is 2.46 bits per heavy atom. The number of rotatable bonds is 4. The largest absolute Gasteiger partial charge is 0.465 e. The van der Waals surface area contributed by atoms with Gasteiger partial charge < -0.3 is 10.1 Å². The second-order valence-electron chi connectivity index (χ2n) is 2.62. The number of carbonyl (C=O) groups excluding carboxylic acids is 1. The van der Waals surface area contributed by atoms with Gasteiger partial charge in [-0.3, -0.25) is 0 Å². The molecule has 0 amide bonds. The molecule has 1 aromatic heterocycles. The highest BCUT2D eigenvalue weighted by atomic mass is 32.1. The van der Waals surface area contributed by atoms with Crippen LogP contribution >= 0.6 is 11.3 Å². The Hall–Kier alpha value is -0.870. The second-order valence-corrected chi connectivity index (χ2v) is 3.54. The van der Waals surface area contributed by atoms with Crippen LogP contribution in [0.1, 0.15) is 15.2 Å². The molecule has 0 saturated carbocycles. The average molecular weight is 199 g/mol. The highest BCUT2D eigenvalue weighted by Gasteiger charge is 2.12. The van der Waals surface area contributed by atoms with E-state index in [9.17, 15) is 4.79 Å². The zero-order valence-corrected chi connectivity index (χ0v) is 8.61. The van der Waals surface area contributed by atoms with Crippen molar-refractivity contribution in [2.75, 3.05) is 20.7 Å². The van der Waals surface area contributed by atoms with E-state index >= 15 is 0 Å². The van der Waals surface area contributed by atoms with Crippen LogP contribution in [-0.2, 0) is 11.2 Å². The third-order valence-corrected chi connectivity index (χ3v) is 2.70. The first-order chi connectivity index (χ1) is 6.29. The van der Waals surface area contributed by atoms with Gasteiger partial charge in [-0.2, -0.15) is 0 Å². The molecule has 0 bridgehead atoms. The Morgan fingerprint density at radius 1 is 1.69 bits per heavy atom. The fourth-order valence-corrected chi connectivity index (χ4v) is 1.93. The van der Waals surface area contributed by atoms with Gasteiger partial charge in [0, 0.05) is 0 Å². The Morgan fingerprint density at radius 3 is 3.08 bits per heavy atom. The molecular weight excluding hydrogens is 186 g/mol. The first-order valence-corrected chi connectivity index (χ1v) is 4.97. The summed E-state index contributed by atoms with van der Waals surface area (Å²) in [5.41, 5.74) is 1.06. The van der Waals surface area contributed by atoms with Crippen molar-refractivity contribution in [1.82, 2.24) is 5.32 Å². The molecule has 0 radical (unpaired) electrons. The number of likely N-dealkylation sites (N-methyl/N-ethyl adjacent to an activating group) is 1. The molecule has 0 saturated heterocycles. The minimum absolute atomic E-state index is 0.235. The second kappa shape index (κ2) is 4.99. The zero-order valence-electron chi connectivity index (χ0n) is 7.79. The summed E-state index contributed by atoms with van der Waals surface area (Å²) in [6, 6.07) is 1.97. The Kier molecular flexibility index (Phi) is 3.92. The minimum Gasteiger partial charge on any atom is -0.465 e. The molecule has 1 heterocycles. The Bertz CT molecular complexity index is 283. The number of thiophene rings is 1. The number of ether oxygens (including phenoxy) is 1. The van der Waals surface area contributed by atoms with E-state index in [0.717, 1.165) is 23.4 Å². The van der Waals surface area contributed by atoms with Crippen LogP contribution < -0.4 is 5.32 Å². The van der Waals surface area contributed by atoms with Crippen molar-refractivity contribution in [2.45, 2.75) is 6.42 Å². The van der Waals surface area contributed by atoms with Crippen molar-refractivity contribution in [2.24, 2.45) is 0 Å². The van der Waals surface area contributed by atoms with Crippen molar-refractivity contribution in [3.8, 4) is 0 Å². The van der Waals surface area contributed by atoms with Gasteiger partial charge in [-0.05, 0) is 37.0 Å². The van der Waals surface area contributed by atoms with E-state index in [1.807, 2.05) is 18.5 Å². The lowest BCUT2D eigenvalue weighted by molar-refractivity contribution is 0.0605. The van der Waals surface area contributed by atoms with E-state index in [1.54, 1.807) is 0 Å². The van der Waals surface area contributed by atoms with Crippen molar-refractivity contribution >= 4 is 17.3 Å². The van der Waals surface area contributed by atoms with Gasteiger partial charge in [0.25, 0.3) is 0 Å². The summed E-state index contributed by atoms with van der Waals surface area (Å²) >= 11 is 1.43. The van der Waals surface area contributed by atoms with Gasteiger partial charge in [0.05, 0.1) is 7.11 Å². The molecule has 0 aliphatic heterocycles. The van der Waals surface area contributed by atoms with E-state index in [-0.39, 0.29) is 5.97 Å². The summed E-state index contributed by atoms with van der Waals surface area (Å²) in [6.07, 6.45) is 0.866. The zero-order chi connectivity index (χ0) is 9.68. The third kappa shape index (κ3) is 2.54. The van der Waals surface area contributed by atoms with Gasteiger partial charge in [0.15, 0.2) is 0 Å². The lowest BCUT2D eigenvalue weighted by atomic mass is 10.2. The van der Waals surface area contributed by atoms with Crippen LogP contribution in [0.4, 0.5) is 0 Å². The van der Waals surface area contributed by atoms with Crippen LogP contribution in [-0.4, -0.2) is 26.7 Å². The van der Waals surface area contributed by atoms with E-state index in [1.165, 1.54) is 18.4 Å². The molecule has 72 valence electrons. The van der Waals surface area contributed by atoms with Crippen LogP contribution in [0.3, 0.4) is 0 Å². The van der Waals surface area contributed by atoms with Crippen molar-refractivity contribution in [1.29, 1.82) is 0 Å². The quantitative estimate of drug-likeness (QED) is 0.743. The van der Waals surface area contributed by atoms with Gasteiger partial charge in [-0.25, -0.2) is 4.79 Å². The smallest absolute Gasteiger partial charge is 0.348 e. The molecule has 0 aliphatic carbocycles. The molecule has 1 rings (SSSR count). The van der Waals surface area contributed by atoms with Crippen molar-refractivity contribution in [3.05, 3.63) is 21.9 Å². The number of nitrogens with one attached hydrogen (secondary N) is 1.